The Balaban J connectivity index is 1.85. The molecule has 6 nitrogen and oxygen atoms in total. The molecule has 112 valence electrons. The van der Waals surface area contributed by atoms with Crippen molar-refractivity contribution >= 4 is 15.8 Å². The van der Waals surface area contributed by atoms with Crippen molar-refractivity contribution in [2.45, 2.75) is 44.0 Å². The molecule has 1 saturated heterocycles. The summed E-state index contributed by atoms with van der Waals surface area (Å²) in [6.45, 7) is 4.00. The second-order valence-electron chi connectivity index (χ2n) is 5.91. The number of fused-ring (bicyclic) bond motifs is 1. The molecule has 0 amide bonds. The summed E-state index contributed by atoms with van der Waals surface area (Å²) in [5, 5.41) is 4.10. The minimum atomic E-state index is -3.48. The van der Waals surface area contributed by atoms with Gasteiger partial charge in [0.2, 0.25) is 10.0 Å². The fourth-order valence-electron chi connectivity index (χ4n) is 3.49. The van der Waals surface area contributed by atoms with Gasteiger partial charge in [-0.25, -0.2) is 8.42 Å². The predicted octanol–water partition coefficient (Wildman–Crippen LogP) is 1.30. The summed E-state index contributed by atoms with van der Waals surface area (Å²) >= 11 is 0. The summed E-state index contributed by atoms with van der Waals surface area (Å²) in [4.78, 5) is 0.172. The van der Waals surface area contributed by atoms with Crippen molar-refractivity contribution in [3.63, 3.8) is 0 Å². The lowest BCUT2D eigenvalue weighted by Crippen LogP contribution is -2.30. The maximum atomic E-state index is 12.7. The van der Waals surface area contributed by atoms with Gasteiger partial charge in [-0.2, -0.15) is 9.40 Å². The Hall–Kier alpha value is -1.08. The fraction of sp³-hybridized carbons (Fsp3) is 0.769. The van der Waals surface area contributed by atoms with Crippen LogP contribution in [0.25, 0.3) is 0 Å². The Labute approximate surface area is 120 Å². The standard InChI is InChI=1S/C13H22N4O2S/c1-2-6-16-9-12(13(14)15-16)20(18,19)17-7-10-4-3-5-11(10)8-17/h9-11H,2-8H2,1H3,(H2,14,15). The van der Waals surface area contributed by atoms with Crippen molar-refractivity contribution in [1.82, 2.24) is 14.1 Å². The van der Waals surface area contributed by atoms with Crippen LogP contribution in [-0.4, -0.2) is 35.6 Å². The van der Waals surface area contributed by atoms with Gasteiger partial charge in [0.25, 0.3) is 0 Å². The van der Waals surface area contributed by atoms with Gasteiger partial charge < -0.3 is 5.73 Å². The molecule has 0 radical (unpaired) electrons. The van der Waals surface area contributed by atoms with Gasteiger partial charge in [-0.05, 0) is 31.1 Å². The van der Waals surface area contributed by atoms with E-state index in [1.54, 1.807) is 15.2 Å². The smallest absolute Gasteiger partial charge is 0.248 e. The number of nitrogen functional groups attached to an aromatic ring is 1. The van der Waals surface area contributed by atoms with Crippen molar-refractivity contribution in [2.75, 3.05) is 18.8 Å². The molecule has 20 heavy (non-hydrogen) atoms. The predicted molar refractivity (Wildman–Crippen MR) is 76.5 cm³/mol. The molecule has 1 aliphatic carbocycles. The SMILES string of the molecule is CCCn1cc(S(=O)(=O)N2CC3CCCC3C2)c(N)n1. The molecule has 2 heterocycles. The van der Waals surface area contributed by atoms with Gasteiger partial charge in [-0.3, -0.25) is 4.68 Å². The van der Waals surface area contributed by atoms with Gasteiger partial charge in [0.1, 0.15) is 4.90 Å². The number of anilines is 1. The molecular formula is C13H22N4O2S. The minimum absolute atomic E-state index is 0.121. The maximum absolute atomic E-state index is 12.7. The topological polar surface area (TPSA) is 81.2 Å². The molecule has 3 rings (SSSR count). The third-order valence-electron chi connectivity index (χ3n) is 4.52. The molecule has 2 fully saturated rings. The summed E-state index contributed by atoms with van der Waals surface area (Å²) in [5.41, 5.74) is 5.80. The molecule has 0 aromatic carbocycles. The number of aromatic nitrogens is 2. The highest BCUT2D eigenvalue weighted by molar-refractivity contribution is 7.89. The van der Waals surface area contributed by atoms with E-state index in [2.05, 4.69) is 5.10 Å². The van der Waals surface area contributed by atoms with Crippen molar-refractivity contribution in [1.29, 1.82) is 0 Å². The first-order valence-electron chi connectivity index (χ1n) is 7.35. The summed E-state index contributed by atoms with van der Waals surface area (Å²) in [6, 6.07) is 0. The van der Waals surface area contributed by atoms with E-state index in [-0.39, 0.29) is 10.7 Å². The molecular weight excluding hydrogens is 276 g/mol. The molecule has 2 unspecified atom stereocenters. The molecule has 2 aliphatic rings. The quantitative estimate of drug-likeness (QED) is 0.908. The Morgan fingerprint density at radius 1 is 1.35 bits per heavy atom. The summed E-state index contributed by atoms with van der Waals surface area (Å²) < 4.78 is 28.6. The molecule has 1 aromatic heterocycles. The van der Waals surface area contributed by atoms with Crippen LogP contribution in [0.5, 0.6) is 0 Å². The molecule has 1 aliphatic heterocycles. The lowest BCUT2D eigenvalue weighted by molar-refractivity contribution is 0.445. The Morgan fingerprint density at radius 2 is 2.00 bits per heavy atom. The Bertz CT molecular complexity index is 584. The third kappa shape index (κ3) is 2.22. The first-order chi connectivity index (χ1) is 9.52. The average molecular weight is 298 g/mol. The molecule has 1 saturated carbocycles. The lowest BCUT2D eigenvalue weighted by Gasteiger charge is -2.16. The van der Waals surface area contributed by atoms with Gasteiger partial charge >= 0.3 is 0 Å². The van der Waals surface area contributed by atoms with E-state index in [4.69, 9.17) is 5.73 Å². The van der Waals surface area contributed by atoms with E-state index < -0.39 is 10.0 Å². The van der Waals surface area contributed by atoms with E-state index in [1.807, 2.05) is 6.92 Å². The summed E-state index contributed by atoms with van der Waals surface area (Å²) in [7, 11) is -3.48. The Morgan fingerprint density at radius 3 is 2.60 bits per heavy atom. The third-order valence-corrected chi connectivity index (χ3v) is 6.37. The first kappa shape index (κ1) is 13.9. The van der Waals surface area contributed by atoms with Crippen LogP contribution in [-0.2, 0) is 16.6 Å². The zero-order valence-corrected chi connectivity index (χ0v) is 12.6. The number of nitrogens with zero attached hydrogens (tertiary/aromatic N) is 3. The molecule has 1 aromatic rings. The van der Waals surface area contributed by atoms with Crippen molar-refractivity contribution < 1.29 is 8.42 Å². The zero-order chi connectivity index (χ0) is 14.3. The average Bonchev–Trinajstić information content (AvgIpc) is 3.02. The monoisotopic (exact) mass is 298 g/mol. The van der Waals surface area contributed by atoms with Crippen LogP contribution < -0.4 is 5.73 Å². The largest absolute Gasteiger partial charge is 0.381 e. The normalized spacial score (nSPS) is 27.1. The van der Waals surface area contributed by atoms with Gasteiger partial charge in [0.15, 0.2) is 5.82 Å². The second kappa shape index (κ2) is 5.04. The number of aryl methyl sites for hydroxylation is 1. The lowest BCUT2D eigenvalue weighted by atomic mass is 10.0. The van der Waals surface area contributed by atoms with Crippen LogP contribution in [0.1, 0.15) is 32.6 Å². The highest BCUT2D eigenvalue weighted by Crippen LogP contribution is 2.40. The number of hydrogen-bond acceptors (Lipinski definition) is 4. The van der Waals surface area contributed by atoms with E-state index >= 15 is 0 Å². The van der Waals surface area contributed by atoms with Crippen LogP contribution in [0.2, 0.25) is 0 Å². The summed E-state index contributed by atoms with van der Waals surface area (Å²) in [6.07, 6.45) is 6.01. The van der Waals surface area contributed by atoms with Gasteiger partial charge in [0, 0.05) is 25.8 Å². The van der Waals surface area contributed by atoms with E-state index in [0.717, 1.165) is 19.3 Å². The van der Waals surface area contributed by atoms with E-state index in [9.17, 15) is 8.42 Å². The number of hydrogen-bond donors (Lipinski definition) is 1. The number of nitrogens with two attached hydrogens (primary N) is 1. The van der Waals surface area contributed by atoms with Crippen LogP contribution >= 0.6 is 0 Å². The van der Waals surface area contributed by atoms with Crippen LogP contribution in [0.15, 0.2) is 11.1 Å². The zero-order valence-electron chi connectivity index (χ0n) is 11.8. The highest BCUT2D eigenvalue weighted by atomic mass is 32.2. The minimum Gasteiger partial charge on any atom is -0.381 e. The first-order valence-corrected chi connectivity index (χ1v) is 8.79. The van der Waals surface area contributed by atoms with Gasteiger partial charge in [-0.1, -0.05) is 13.3 Å². The molecule has 7 heteroatoms. The molecule has 0 spiro atoms. The van der Waals surface area contributed by atoms with E-state index in [0.29, 0.717) is 31.5 Å². The van der Waals surface area contributed by atoms with E-state index in [1.165, 1.54) is 6.42 Å². The molecule has 0 bridgehead atoms. The molecule has 2 N–H and O–H groups in total. The number of rotatable bonds is 4. The fourth-order valence-corrected chi connectivity index (χ4v) is 5.10. The van der Waals surface area contributed by atoms with Gasteiger partial charge in [0.05, 0.1) is 0 Å². The Kier molecular flexibility index (Phi) is 3.50. The van der Waals surface area contributed by atoms with Crippen LogP contribution in [0.4, 0.5) is 5.82 Å². The van der Waals surface area contributed by atoms with Gasteiger partial charge in [-0.15, -0.1) is 0 Å². The van der Waals surface area contributed by atoms with Crippen LogP contribution in [0.3, 0.4) is 0 Å². The second-order valence-corrected chi connectivity index (χ2v) is 7.82. The van der Waals surface area contributed by atoms with Crippen molar-refractivity contribution in [3.05, 3.63) is 6.20 Å². The maximum Gasteiger partial charge on any atom is 0.248 e. The van der Waals surface area contributed by atoms with Crippen molar-refractivity contribution in [2.24, 2.45) is 11.8 Å². The summed E-state index contributed by atoms with van der Waals surface area (Å²) in [5.74, 6) is 1.20. The number of sulfonamides is 1. The molecule has 2 atom stereocenters. The van der Waals surface area contributed by atoms with Crippen LogP contribution in [0, 0.1) is 11.8 Å². The highest BCUT2D eigenvalue weighted by Gasteiger charge is 2.42. The van der Waals surface area contributed by atoms with Crippen molar-refractivity contribution in [3.8, 4) is 0 Å².